The van der Waals surface area contributed by atoms with Crippen LogP contribution < -0.4 is 5.32 Å². The smallest absolute Gasteiger partial charge is 0.296 e. The molecule has 0 atom stereocenters. The van der Waals surface area contributed by atoms with Crippen LogP contribution in [0.4, 0.5) is 28.4 Å². The highest BCUT2D eigenvalue weighted by atomic mass is 32.2. The molecule has 0 aromatic heterocycles. The molecule has 0 aliphatic rings. The molecule has 0 unspecified atom stereocenters. The minimum absolute atomic E-state index is 0.0422. The Balaban J connectivity index is 1.49. The van der Waals surface area contributed by atoms with E-state index < -0.39 is 41.5 Å². The number of rotatable bonds is 15. The fourth-order valence-corrected chi connectivity index (χ4v) is 7.11. The van der Waals surface area contributed by atoms with Crippen LogP contribution in [0.3, 0.4) is 0 Å². The number of fused-ring (bicyclic) bond motifs is 1. The van der Waals surface area contributed by atoms with Gasteiger partial charge < -0.3 is 15.6 Å². The number of nitrogens with zero attached hydrogens (tertiary/aromatic N) is 4. The van der Waals surface area contributed by atoms with Gasteiger partial charge in [0.1, 0.15) is 15.5 Å². The zero-order chi connectivity index (χ0) is 39.0. The molecule has 0 aliphatic heterocycles. The van der Waals surface area contributed by atoms with Gasteiger partial charge in [0.2, 0.25) is 5.69 Å². The molecule has 6 N–H and O–H groups in total. The number of azo groups is 2. The summed E-state index contributed by atoms with van der Waals surface area (Å²) < 4.78 is 78.6. The Morgan fingerprint density at radius 1 is 0.778 bits per heavy atom. The van der Waals surface area contributed by atoms with Gasteiger partial charge in [0.25, 0.3) is 20.2 Å². The molecule has 0 amide bonds. The van der Waals surface area contributed by atoms with Crippen LogP contribution >= 0.6 is 24.1 Å². The van der Waals surface area contributed by atoms with E-state index in [-0.39, 0.29) is 32.6 Å². The van der Waals surface area contributed by atoms with E-state index in [1.165, 1.54) is 61.7 Å². The molecular formula is C31H25N5O14S4. The van der Waals surface area contributed by atoms with E-state index in [0.29, 0.717) is 38.7 Å². The molecule has 5 aromatic carbocycles. The largest absolute Gasteiger partial charge is 0.594 e. The van der Waals surface area contributed by atoms with Crippen molar-refractivity contribution in [3.8, 4) is 5.75 Å². The summed E-state index contributed by atoms with van der Waals surface area (Å²) >= 11 is 1.26. The number of nitrogens with one attached hydrogen (secondary N) is 1. The maximum absolute atomic E-state index is 12.4. The summed E-state index contributed by atoms with van der Waals surface area (Å²) in [6, 6.07) is 20.0. The zero-order valence-electron chi connectivity index (χ0n) is 27.1. The first-order valence-electron chi connectivity index (χ1n) is 14.6. The molecule has 0 aliphatic carbocycles. The van der Waals surface area contributed by atoms with Gasteiger partial charge in [0.15, 0.2) is 5.75 Å². The van der Waals surface area contributed by atoms with Crippen molar-refractivity contribution in [2.24, 2.45) is 15.3 Å². The number of anilines is 2. The molecule has 5 rings (SSSR count). The second-order valence-corrected chi connectivity index (χ2v) is 14.8. The molecular weight excluding hydrogens is 795 g/mol. The van der Waals surface area contributed by atoms with Crippen molar-refractivity contribution in [3.05, 3.63) is 101 Å². The predicted molar refractivity (Wildman–Crippen MR) is 194 cm³/mol. The van der Waals surface area contributed by atoms with E-state index in [4.69, 9.17) is 10.5 Å². The molecule has 0 radical (unpaired) electrons. The van der Waals surface area contributed by atoms with E-state index in [0.717, 1.165) is 24.2 Å². The highest BCUT2D eigenvalue weighted by molar-refractivity contribution is 7.94. The Morgan fingerprint density at radius 2 is 1.46 bits per heavy atom. The molecule has 23 heteroatoms. The molecule has 54 heavy (non-hydrogen) atoms. The Hall–Kier alpha value is -5.02. The average molecular weight is 820 g/mol. The first-order chi connectivity index (χ1) is 25.7. The second-order valence-electron chi connectivity index (χ2n) is 10.5. The summed E-state index contributed by atoms with van der Waals surface area (Å²) in [5.74, 6) is -0.674. The molecule has 0 saturated carbocycles. The lowest BCUT2D eigenvalue weighted by Crippen LogP contribution is -2.00. The number of aromatic hydroxyl groups is 1. The average Bonchev–Trinajstić information content (AvgIpc) is 3.14. The highest BCUT2D eigenvalue weighted by Gasteiger charge is 2.23. The van der Waals surface area contributed by atoms with Crippen molar-refractivity contribution in [2.45, 2.75) is 19.6 Å². The minimum Gasteiger partial charge on any atom is -0.594 e. The van der Waals surface area contributed by atoms with Crippen molar-refractivity contribution in [2.75, 3.05) is 12.4 Å². The lowest BCUT2D eigenvalue weighted by molar-refractivity contribution is -0.440. The van der Waals surface area contributed by atoms with Gasteiger partial charge in [-0.15, -0.1) is 13.8 Å². The quantitative estimate of drug-likeness (QED) is 0.0110. The molecule has 0 fully saturated rings. The summed E-state index contributed by atoms with van der Waals surface area (Å²) in [5, 5.41) is 61.8. The van der Waals surface area contributed by atoms with Crippen molar-refractivity contribution in [3.63, 3.8) is 0 Å². The van der Waals surface area contributed by atoms with Gasteiger partial charge in [0, 0.05) is 33.8 Å². The molecule has 0 bridgehead atoms. The Morgan fingerprint density at radius 3 is 2.17 bits per heavy atom. The van der Waals surface area contributed by atoms with Crippen molar-refractivity contribution in [1.29, 1.82) is 0 Å². The number of hydrogen-bond donors (Lipinski definition) is 6. The highest BCUT2D eigenvalue weighted by Crippen LogP contribution is 2.42. The van der Waals surface area contributed by atoms with Gasteiger partial charge in [0.05, 0.1) is 41.7 Å². The Bertz CT molecular complexity index is 2520. The second kappa shape index (κ2) is 17.4. The molecule has 5 aromatic rings. The van der Waals surface area contributed by atoms with Crippen molar-refractivity contribution < 1.29 is 65.2 Å². The van der Waals surface area contributed by atoms with Gasteiger partial charge in [-0.25, -0.2) is 10.5 Å². The third-order valence-electron chi connectivity index (χ3n) is 7.15. The van der Waals surface area contributed by atoms with Crippen LogP contribution in [0.25, 0.3) is 22.9 Å². The van der Waals surface area contributed by atoms with Crippen LogP contribution in [0, 0.1) is 5.21 Å². The van der Waals surface area contributed by atoms with Crippen LogP contribution in [-0.4, -0.2) is 53.5 Å². The third kappa shape index (κ3) is 9.94. The molecule has 19 nitrogen and oxygen atoms in total. The normalized spacial score (nSPS) is 12.6. The standard InChI is InChI=1S/C31H25N5O14S4/c1-32-36(38)24-11-8-18(27(17-24)52-50-48-40)5-6-19-7-9-23(16-28(19)53(41,42)43)34-35-30-29(54(44,45)46)14-20-13-22(10-12-26(20)31(30)37)33-21-3-2-4-25(15-21)51-49-47-39/h2-17,33,37,39-40H,1H3,(H,41,42,43)(H,44,45,46)/b6-5+,35-34?,36-32?. The van der Waals surface area contributed by atoms with Crippen LogP contribution in [0.15, 0.2) is 120 Å². The lowest BCUT2D eigenvalue weighted by atomic mass is 10.1. The number of hydrogen-bond acceptors (Lipinski definition) is 18. The number of phenolic OH excluding ortho intramolecular Hbond substituents is 1. The monoisotopic (exact) mass is 819 g/mol. The summed E-state index contributed by atoms with van der Waals surface area (Å²) in [4.78, 5) is -0.329. The zero-order valence-corrected chi connectivity index (χ0v) is 30.3. The van der Waals surface area contributed by atoms with Gasteiger partial charge >= 0.3 is 0 Å². The molecule has 282 valence electrons. The molecule has 0 heterocycles. The summed E-state index contributed by atoms with van der Waals surface area (Å²) in [7, 11) is -8.65. The predicted octanol–water partition coefficient (Wildman–Crippen LogP) is 8.45. The third-order valence-corrected chi connectivity index (χ3v) is 10.2. The summed E-state index contributed by atoms with van der Waals surface area (Å²) in [6.07, 6.45) is 2.70. The van der Waals surface area contributed by atoms with Gasteiger partial charge in [-0.05, 0) is 82.3 Å². The Kier molecular flexibility index (Phi) is 13.0. The number of phenols is 1. The number of benzene rings is 5. The lowest BCUT2D eigenvalue weighted by Gasteiger charge is -2.12. The van der Waals surface area contributed by atoms with E-state index in [2.05, 4.69) is 39.4 Å². The van der Waals surface area contributed by atoms with Crippen LogP contribution in [0.5, 0.6) is 5.75 Å². The van der Waals surface area contributed by atoms with Crippen molar-refractivity contribution in [1.82, 2.24) is 0 Å². The van der Waals surface area contributed by atoms with Gasteiger partial charge in [-0.1, -0.05) is 39.2 Å². The summed E-state index contributed by atoms with van der Waals surface area (Å²) in [5.41, 5.74) is 0.571. The molecule has 0 spiro atoms. The SMILES string of the molecule is CN=[N+]([O-])c1ccc(/C=C/c2ccc(N=Nc3c(S(=O)(=O)O)cc4cc(Nc5cccc(SOOO)c5)ccc4c3O)cc2S(=O)(=O)O)c(SOOO)c1. The van der Waals surface area contributed by atoms with Gasteiger partial charge in [-0.2, -0.15) is 21.9 Å². The van der Waals surface area contributed by atoms with E-state index in [9.17, 15) is 36.3 Å². The van der Waals surface area contributed by atoms with E-state index >= 15 is 0 Å². The van der Waals surface area contributed by atoms with Crippen LogP contribution in [-0.2, 0) is 39.0 Å². The Labute approximate surface area is 314 Å². The first-order valence-corrected chi connectivity index (χ1v) is 18.9. The van der Waals surface area contributed by atoms with E-state index in [1.54, 1.807) is 30.3 Å². The van der Waals surface area contributed by atoms with Crippen LogP contribution in [0.2, 0.25) is 0 Å². The fraction of sp³-hybridized carbons (Fsp3) is 0.0323. The maximum Gasteiger partial charge on any atom is 0.296 e. The van der Waals surface area contributed by atoms with Gasteiger partial charge in [-0.3, -0.25) is 9.11 Å². The van der Waals surface area contributed by atoms with Crippen LogP contribution in [0.1, 0.15) is 11.1 Å². The van der Waals surface area contributed by atoms with E-state index in [1.807, 2.05) is 0 Å². The minimum atomic E-state index is -5.01. The topological polar surface area (TPSA) is 282 Å². The fourth-order valence-electron chi connectivity index (χ4n) is 4.82. The van der Waals surface area contributed by atoms with Crippen molar-refractivity contribution >= 4 is 95.7 Å². The maximum atomic E-state index is 12.4. The molecule has 0 saturated heterocycles. The first kappa shape index (κ1) is 40.2. The summed E-state index contributed by atoms with van der Waals surface area (Å²) in [6.45, 7) is 0.